The number of para-hydroxylation sites is 1. The normalized spacial score (nSPS) is 11.0. The Bertz CT molecular complexity index is 1130. The van der Waals surface area contributed by atoms with Crippen LogP contribution in [0.25, 0.3) is 10.2 Å². The summed E-state index contributed by atoms with van der Waals surface area (Å²) in [6.45, 7) is 3.24. The molecule has 5 nitrogen and oxygen atoms in total. The third kappa shape index (κ3) is 4.17. The highest BCUT2D eigenvalue weighted by Crippen LogP contribution is 2.29. The Morgan fingerprint density at radius 3 is 2.69 bits per heavy atom. The van der Waals surface area contributed by atoms with Crippen molar-refractivity contribution in [2.24, 2.45) is 0 Å². The van der Waals surface area contributed by atoms with Crippen LogP contribution in [0, 0.1) is 6.92 Å². The van der Waals surface area contributed by atoms with E-state index in [4.69, 9.17) is 4.74 Å². The first-order valence-electron chi connectivity index (χ1n) is 9.56. The largest absolute Gasteiger partial charge is 0.496 e. The lowest BCUT2D eigenvalue weighted by Crippen LogP contribution is -2.25. The van der Waals surface area contributed by atoms with Crippen molar-refractivity contribution in [2.45, 2.75) is 19.9 Å². The van der Waals surface area contributed by atoms with Gasteiger partial charge < -0.3 is 10.1 Å². The summed E-state index contributed by atoms with van der Waals surface area (Å²) in [5.74, 6) is 0.798. The number of aromatic nitrogens is 2. The van der Waals surface area contributed by atoms with Gasteiger partial charge in [0.1, 0.15) is 10.6 Å². The lowest BCUT2D eigenvalue weighted by atomic mass is 10.1. The molecule has 0 aliphatic carbocycles. The van der Waals surface area contributed by atoms with Crippen molar-refractivity contribution in [3.63, 3.8) is 0 Å². The monoisotopic (exact) mass is 405 g/mol. The maximum absolute atomic E-state index is 12.7. The second kappa shape index (κ2) is 8.49. The summed E-state index contributed by atoms with van der Waals surface area (Å²) in [6, 6.07) is 20.1. The highest BCUT2D eigenvalue weighted by Gasteiger charge is 2.16. The van der Waals surface area contributed by atoms with E-state index < -0.39 is 0 Å². The third-order valence-corrected chi connectivity index (χ3v) is 6.03. The van der Waals surface area contributed by atoms with Gasteiger partial charge >= 0.3 is 0 Å². The average Bonchev–Trinajstić information content (AvgIpc) is 3.30. The Balaban J connectivity index is 1.46. The summed E-state index contributed by atoms with van der Waals surface area (Å²) >= 11 is 1.49. The van der Waals surface area contributed by atoms with Crippen LogP contribution >= 0.6 is 11.3 Å². The van der Waals surface area contributed by atoms with E-state index >= 15 is 0 Å². The molecule has 0 spiro atoms. The number of carbonyl (C=O) groups is 1. The SMILES string of the molecule is COc1ccccc1CCNC(=O)c1cc2c(C)nn(Cc3ccccc3)c2s1. The maximum atomic E-state index is 12.7. The van der Waals surface area contributed by atoms with Crippen LogP contribution in [-0.4, -0.2) is 29.3 Å². The molecule has 0 atom stereocenters. The predicted octanol–water partition coefficient (Wildman–Crippen LogP) is 4.44. The van der Waals surface area contributed by atoms with E-state index in [1.165, 1.54) is 16.9 Å². The highest BCUT2D eigenvalue weighted by molar-refractivity contribution is 7.20. The van der Waals surface area contributed by atoms with Crippen LogP contribution in [0.5, 0.6) is 5.75 Å². The van der Waals surface area contributed by atoms with Crippen molar-refractivity contribution < 1.29 is 9.53 Å². The van der Waals surface area contributed by atoms with Gasteiger partial charge in [0.25, 0.3) is 5.91 Å². The van der Waals surface area contributed by atoms with E-state index in [0.29, 0.717) is 18.0 Å². The summed E-state index contributed by atoms with van der Waals surface area (Å²) in [7, 11) is 1.66. The molecule has 1 amide bonds. The second-order valence-electron chi connectivity index (χ2n) is 6.88. The van der Waals surface area contributed by atoms with Crippen LogP contribution in [0.15, 0.2) is 60.7 Å². The number of amides is 1. The van der Waals surface area contributed by atoms with Crippen LogP contribution in [0.3, 0.4) is 0 Å². The van der Waals surface area contributed by atoms with Crippen molar-refractivity contribution in [2.75, 3.05) is 13.7 Å². The predicted molar refractivity (Wildman–Crippen MR) is 117 cm³/mol. The van der Waals surface area contributed by atoms with Gasteiger partial charge in [-0.2, -0.15) is 5.10 Å². The van der Waals surface area contributed by atoms with Gasteiger partial charge in [0.05, 0.1) is 24.2 Å². The minimum absolute atomic E-state index is 0.0493. The first kappa shape index (κ1) is 19.2. The fraction of sp³-hybridized carbons (Fsp3) is 0.217. The fourth-order valence-electron chi connectivity index (χ4n) is 3.40. The van der Waals surface area contributed by atoms with Crippen LogP contribution < -0.4 is 10.1 Å². The van der Waals surface area contributed by atoms with Crippen LogP contribution in [0.1, 0.15) is 26.5 Å². The number of aryl methyl sites for hydroxylation is 1. The zero-order valence-corrected chi connectivity index (χ0v) is 17.3. The number of fused-ring (bicyclic) bond motifs is 1. The average molecular weight is 406 g/mol. The van der Waals surface area contributed by atoms with Crippen LogP contribution in [0.2, 0.25) is 0 Å². The highest BCUT2D eigenvalue weighted by atomic mass is 32.1. The molecule has 0 aliphatic rings. The van der Waals surface area contributed by atoms with Gasteiger partial charge in [-0.3, -0.25) is 9.48 Å². The smallest absolute Gasteiger partial charge is 0.261 e. The second-order valence-corrected chi connectivity index (χ2v) is 7.91. The molecule has 6 heteroatoms. The van der Waals surface area contributed by atoms with E-state index in [-0.39, 0.29) is 5.91 Å². The van der Waals surface area contributed by atoms with Crippen molar-refractivity contribution in [1.29, 1.82) is 0 Å². The lowest BCUT2D eigenvalue weighted by molar-refractivity contribution is 0.0958. The molecule has 2 aromatic heterocycles. The Morgan fingerprint density at radius 2 is 1.90 bits per heavy atom. The number of methoxy groups -OCH3 is 1. The fourth-order valence-corrected chi connectivity index (χ4v) is 4.47. The number of hydrogen-bond acceptors (Lipinski definition) is 4. The summed E-state index contributed by atoms with van der Waals surface area (Å²) < 4.78 is 7.35. The van der Waals surface area contributed by atoms with E-state index in [9.17, 15) is 4.79 Å². The molecule has 2 aromatic carbocycles. The van der Waals surface area contributed by atoms with Gasteiger partial charge in [0.2, 0.25) is 0 Å². The number of rotatable bonds is 7. The van der Waals surface area contributed by atoms with Crippen molar-refractivity contribution in [3.8, 4) is 5.75 Å². The Hall–Kier alpha value is -3.12. The van der Waals surface area contributed by atoms with E-state index in [0.717, 1.165) is 33.6 Å². The standard InChI is InChI=1S/C23H23N3O2S/c1-16-19-14-21(22(27)24-13-12-18-10-6-7-11-20(18)28-2)29-23(19)26(25-16)15-17-8-4-3-5-9-17/h3-11,14H,12-13,15H2,1-2H3,(H,24,27). The number of nitrogens with zero attached hydrogens (tertiary/aromatic N) is 2. The number of thiophene rings is 1. The zero-order valence-electron chi connectivity index (χ0n) is 16.5. The molecule has 0 saturated carbocycles. The number of hydrogen-bond donors (Lipinski definition) is 1. The lowest BCUT2D eigenvalue weighted by Gasteiger charge is -2.08. The molecule has 148 valence electrons. The van der Waals surface area contributed by atoms with E-state index in [2.05, 4.69) is 22.5 Å². The van der Waals surface area contributed by atoms with Gasteiger partial charge in [-0.25, -0.2) is 0 Å². The van der Waals surface area contributed by atoms with Gasteiger partial charge in [-0.15, -0.1) is 11.3 Å². The topological polar surface area (TPSA) is 56.1 Å². The molecular weight excluding hydrogens is 382 g/mol. The van der Waals surface area contributed by atoms with Crippen LogP contribution in [-0.2, 0) is 13.0 Å². The summed E-state index contributed by atoms with van der Waals surface area (Å²) in [6.07, 6.45) is 0.724. The third-order valence-electron chi connectivity index (χ3n) is 4.88. The first-order chi connectivity index (χ1) is 14.2. The van der Waals surface area contributed by atoms with Crippen molar-refractivity contribution >= 4 is 27.5 Å². The quantitative estimate of drug-likeness (QED) is 0.495. The maximum Gasteiger partial charge on any atom is 0.261 e. The molecule has 0 unspecified atom stereocenters. The molecule has 0 bridgehead atoms. The summed E-state index contributed by atoms with van der Waals surface area (Å²) in [4.78, 5) is 14.4. The summed E-state index contributed by atoms with van der Waals surface area (Å²) in [5.41, 5.74) is 3.22. The van der Waals surface area contributed by atoms with E-state index in [1.54, 1.807) is 7.11 Å². The molecular formula is C23H23N3O2S. The number of benzene rings is 2. The minimum Gasteiger partial charge on any atom is -0.496 e. The van der Waals surface area contributed by atoms with Gasteiger partial charge in [-0.05, 0) is 36.6 Å². The van der Waals surface area contributed by atoms with Gasteiger partial charge in [-0.1, -0.05) is 48.5 Å². The van der Waals surface area contributed by atoms with Crippen molar-refractivity contribution in [3.05, 3.63) is 82.4 Å². The molecule has 29 heavy (non-hydrogen) atoms. The zero-order chi connectivity index (χ0) is 20.2. The number of nitrogens with one attached hydrogen (secondary N) is 1. The summed E-state index contributed by atoms with van der Waals surface area (Å²) in [5, 5.41) is 8.71. The first-order valence-corrected chi connectivity index (χ1v) is 10.4. The Morgan fingerprint density at radius 1 is 1.14 bits per heavy atom. The van der Waals surface area contributed by atoms with Gasteiger partial charge in [0.15, 0.2) is 0 Å². The molecule has 4 rings (SSSR count). The molecule has 0 aliphatic heterocycles. The Labute approximate surface area is 173 Å². The molecule has 0 fully saturated rings. The van der Waals surface area contributed by atoms with Crippen molar-refractivity contribution in [1.82, 2.24) is 15.1 Å². The Kier molecular flexibility index (Phi) is 5.62. The van der Waals surface area contributed by atoms with Gasteiger partial charge in [0, 0.05) is 11.9 Å². The van der Waals surface area contributed by atoms with Crippen LogP contribution in [0.4, 0.5) is 0 Å². The molecule has 1 N–H and O–H groups in total. The molecule has 2 heterocycles. The number of carbonyl (C=O) groups excluding carboxylic acids is 1. The molecule has 4 aromatic rings. The molecule has 0 saturated heterocycles. The van der Waals surface area contributed by atoms with E-state index in [1.807, 2.05) is 60.1 Å². The number of ether oxygens (including phenoxy) is 1. The molecule has 0 radical (unpaired) electrons. The minimum atomic E-state index is -0.0493.